The van der Waals surface area contributed by atoms with E-state index in [1.807, 2.05) is 13.8 Å². The Kier molecular flexibility index (Phi) is 14.1. The molecule has 0 aromatic heterocycles. The van der Waals surface area contributed by atoms with Crippen LogP contribution in [0, 0.1) is 11.8 Å². The minimum atomic E-state index is -0.650. The summed E-state index contributed by atoms with van der Waals surface area (Å²) in [7, 11) is 6.88. The van der Waals surface area contributed by atoms with Crippen LogP contribution in [0.2, 0.25) is 0 Å². The van der Waals surface area contributed by atoms with Gasteiger partial charge in [0.2, 0.25) is 5.91 Å². The Morgan fingerprint density at radius 3 is 1.71 bits per heavy atom. The van der Waals surface area contributed by atoms with Crippen LogP contribution in [0.4, 0.5) is 0 Å². The van der Waals surface area contributed by atoms with Crippen LogP contribution in [0.1, 0.15) is 13.8 Å². The normalized spacial score (nSPS) is 18.2. The molecule has 0 spiro atoms. The first-order chi connectivity index (χ1) is 10.1. The molecular weight excluding hydrogens is 348 g/mol. The number of hydrogen-bond donors (Lipinski definition) is 3. The smallest absolute Gasteiger partial charge is 0.308 e. The van der Waals surface area contributed by atoms with Crippen LogP contribution in [0.15, 0.2) is 0 Å². The Morgan fingerprint density at radius 1 is 1.05 bits per heavy atom. The molecule has 9 heteroatoms. The number of carbonyl (C=O) groups excluding carboxylic acids is 1. The van der Waals surface area contributed by atoms with E-state index >= 15 is 0 Å². The van der Waals surface area contributed by atoms with Gasteiger partial charge >= 0.3 is 5.97 Å². The highest BCUT2D eigenvalue weighted by Crippen LogP contribution is 2.35. The highest BCUT2D eigenvalue weighted by molar-refractivity contribution is 8.77. The second kappa shape index (κ2) is 13.9. The van der Waals surface area contributed by atoms with E-state index < -0.39 is 5.97 Å². The molecule has 2 rings (SSSR count). The lowest BCUT2D eigenvalue weighted by Crippen LogP contribution is -2.31. The lowest BCUT2D eigenvalue weighted by atomic mass is 10.2. The molecule has 2 fully saturated rings. The van der Waals surface area contributed by atoms with Gasteiger partial charge in [0.05, 0.1) is 11.8 Å². The van der Waals surface area contributed by atoms with Crippen molar-refractivity contribution in [3.63, 3.8) is 0 Å². The molecule has 2 saturated heterocycles. The molecule has 21 heavy (non-hydrogen) atoms. The van der Waals surface area contributed by atoms with Crippen molar-refractivity contribution in [1.29, 1.82) is 0 Å². The van der Waals surface area contributed by atoms with Crippen LogP contribution < -0.4 is 11.1 Å². The molecule has 0 atom stereocenters. The molecule has 2 aliphatic heterocycles. The monoisotopic (exact) mass is 372 g/mol. The van der Waals surface area contributed by atoms with Crippen LogP contribution in [0.5, 0.6) is 0 Å². The van der Waals surface area contributed by atoms with Crippen molar-refractivity contribution < 1.29 is 14.7 Å². The van der Waals surface area contributed by atoms with Gasteiger partial charge in [-0.25, -0.2) is 0 Å². The first kappa shape index (κ1) is 21.3. The third kappa shape index (κ3) is 10.6. The van der Waals surface area contributed by atoms with Crippen molar-refractivity contribution >= 4 is 55.1 Å². The maximum Gasteiger partial charge on any atom is 0.308 e. The lowest BCUT2D eigenvalue weighted by Gasteiger charge is -2.05. The Bertz CT molecular complexity index is 296. The maximum absolute atomic E-state index is 11.1. The Labute approximate surface area is 142 Å². The van der Waals surface area contributed by atoms with Gasteiger partial charge in [-0.1, -0.05) is 50.1 Å². The number of rotatable bonds is 3. The van der Waals surface area contributed by atoms with Gasteiger partial charge < -0.3 is 16.2 Å². The van der Waals surface area contributed by atoms with Gasteiger partial charge in [-0.2, -0.15) is 0 Å². The summed E-state index contributed by atoms with van der Waals surface area (Å²) in [4.78, 5) is 21.3. The molecule has 4 N–H and O–H groups in total. The number of aliphatic carboxylic acids is 1. The predicted molar refractivity (Wildman–Crippen MR) is 97.9 cm³/mol. The number of nitrogens with two attached hydrogens (primary N) is 1. The maximum atomic E-state index is 11.1. The van der Waals surface area contributed by atoms with Crippen molar-refractivity contribution in [2.24, 2.45) is 17.6 Å². The Morgan fingerprint density at radius 2 is 1.43 bits per heavy atom. The molecule has 0 radical (unpaired) electrons. The summed E-state index contributed by atoms with van der Waals surface area (Å²) in [5.74, 6) is 3.26. The van der Waals surface area contributed by atoms with E-state index in [1.54, 1.807) is 43.2 Å². The van der Waals surface area contributed by atoms with E-state index in [1.165, 1.54) is 0 Å². The molecule has 0 aliphatic carbocycles. The Hall–Kier alpha value is 0.300. The van der Waals surface area contributed by atoms with Gasteiger partial charge in [0.1, 0.15) is 0 Å². The quantitative estimate of drug-likeness (QED) is 0.649. The third-order valence-electron chi connectivity index (χ3n) is 2.31. The van der Waals surface area contributed by atoms with Crippen molar-refractivity contribution in [3.05, 3.63) is 0 Å². The van der Waals surface area contributed by atoms with Crippen LogP contribution in [-0.4, -0.2) is 53.1 Å². The fraction of sp³-hybridized carbons (Fsp3) is 0.833. The average molecular weight is 373 g/mol. The molecule has 0 saturated carbocycles. The number of carboxylic acid groups (broad SMARTS) is 1. The second-order valence-electron chi connectivity index (χ2n) is 4.17. The van der Waals surface area contributed by atoms with Gasteiger partial charge in [-0.3, -0.25) is 9.59 Å². The minimum absolute atomic E-state index is 0.0926. The number of carboxylic acids is 1. The number of hydrogen-bond acceptors (Lipinski definition) is 7. The molecule has 0 aromatic rings. The van der Waals surface area contributed by atoms with Crippen LogP contribution in [0.3, 0.4) is 0 Å². The van der Waals surface area contributed by atoms with E-state index in [0.717, 1.165) is 36.1 Å². The van der Waals surface area contributed by atoms with Crippen LogP contribution >= 0.6 is 43.2 Å². The van der Waals surface area contributed by atoms with Gasteiger partial charge in [0, 0.05) is 29.6 Å². The van der Waals surface area contributed by atoms with Gasteiger partial charge in [-0.05, 0) is 13.5 Å². The van der Waals surface area contributed by atoms with Crippen LogP contribution in [0.25, 0.3) is 0 Å². The number of amides is 1. The van der Waals surface area contributed by atoms with E-state index in [9.17, 15) is 9.59 Å². The molecule has 5 nitrogen and oxygen atoms in total. The first-order valence-corrected chi connectivity index (χ1v) is 11.7. The summed E-state index contributed by atoms with van der Waals surface area (Å²) in [6, 6.07) is 0. The molecule has 0 bridgehead atoms. The van der Waals surface area contributed by atoms with Gasteiger partial charge in [-0.15, -0.1) is 0 Å². The zero-order valence-electron chi connectivity index (χ0n) is 12.4. The molecule has 2 aliphatic rings. The first-order valence-electron chi connectivity index (χ1n) is 6.76. The van der Waals surface area contributed by atoms with Gasteiger partial charge in [0.25, 0.3) is 0 Å². The molecule has 0 unspecified atom stereocenters. The SMILES string of the molecule is CCN.CCNC(=O)C1CSSC1.O=C(O)C1CSSC1. The molecular formula is C12H24N2O3S4. The number of carbonyl (C=O) groups is 2. The van der Waals surface area contributed by atoms with Gasteiger partial charge in [0.15, 0.2) is 0 Å². The highest BCUT2D eigenvalue weighted by atomic mass is 33.1. The highest BCUT2D eigenvalue weighted by Gasteiger charge is 2.23. The summed E-state index contributed by atoms with van der Waals surface area (Å²) < 4.78 is 0. The van der Waals surface area contributed by atoms with Crippen molar-refractivity contribution in [2.45, 2.75) is 13.8 Å². The fourth-order valence-electron chi connectivity index (χ4n) is 1.23. The molecule has 2 heterocycles. The fourth-order valence-corrected chi connectivity index (χ4v) is 6.76. The molecule has 1 amide bonds. The summed E-state index contributed by atoms with van der Waals surface area (Å²) in [6.45, 7) is 5.36. The standard InChI is InChI=1S/C6H11NOS2.C4H6O2S2.C2H7N/c1-2-7-6(8)5-3-9-10-4-5;5-4(6)3-1-7-8-2-3;1-2-3/h5H,2-4H2,1H3,(H,7,8);3H,1-2H2,(H,5,6);2-3H2,1H3. The van der Waals surface area contributed by atoms with E-state index in [4.69, 9.17) is 10.8 Å². The van der Waals surface area contributed by atoms with Crippen molar-refractivity contribution in [3.8, 4) is 0 Å². The lowest BCUT2D eigenvalue weighted by molar-refractivity contribution is -0.140. The van der Waals surface area contributed by atoms with Crippen LogP contribution in [-0.2, 0) is 9.59 Å². The molecule has 124 valence electrons. The van der Waals surface area contributed by atoms with E-state index in [0.29, 0.717) is 0 Å². The second-order valence-corrected chi connectivity index (χ2v) is 9.28. The molecule has 0 aromatic carbocycles. The average Bonchev–Trinajstić information content (AvgIpc) is 3.14. The van der Waals surface area contributed by atoms with E-state index in [2.05, 4.69) is 5.32 Å². The minimum Gasteiger partial charge on any atom is -0.481 e. The summed E-state index contributed by atoms with van der Waals surface area (Å²) in [5.41, 5.74) is 4.85. The zero-order chi connectivity index (χ0) is 16.1. The Balaban J connectivity index is 0.000000327. The number of nitrogens with one attached hydrogen (secondary N) is 1. The summed E-state index contributed by atoms with van der Waals surface area (Å²) >= 11 is 0. The van der Waals surface area contributed by atoms with E-state index in [-0.39, 0.29) is 17.7 Å². The van der Waals surface area contributed by atoms with Crippen molar-refractivity contribution in [2.75, 3.05) is 36.1 Å². The summed E-state index contributed by atoms with van der Waals surface area (Å²) in [5, 5.41) is 11.2. The summed E-state index contributed by atoms with van der Waals surface area (Å²) in [6.07, 6.45) is 0. The third-order valence-corrected chi connectivity index (χ3v) is 7.43. The largest absolute Gasteiger partial charge is 0.481 e. The van der Waals surface area contributed by atoms with Crippen molar-refractivity contribution in [1.82, 2.24) is 5.32 Å². The predicted octanol–water partition coefficient (Wildman–Crippen LogP) is 2.18. The topological polar surface area (TPSA) is 92.4 Å². The zero-order valence-corrected chi connectivity index (χ0v) is 15.6.